The van der Waals surface area contributed by atoms with Crippen LogP contribution in [-0.4, -0.2) is 19.6 Å². The van der Waals surface area contributed by atoms with Gasteiger partial charge in [-0.1, -0.05) is 13.8 Å². The summed E-state index contributed by atoms with van der Waals surface area (Å²) in [5.74, 6) is 1.07. The van der Waals surface area contributed by atoms with Gasteiger partial charge < -0.3 is 4.98 Å². The van der Waals surface area contributed by atoms with E-state index < -0.39 is 0 Å². The Hall–Kier alpha value is -1.65. The Balaban J connectivity index is 2.83. The minimum Gasteiger partial charge on any atom is -0.324 e. The molecule has 0 saturated carbocycles. The van der Waals surface area contributed by atoms with E-state index in [9.17, 15) is 4.79 Å². The zero-order chi connectivity index (χ0) is 9.42. The number of hydrogen-bond donors (Lipinski definition) is 1. The van der Waals surface area contributed by atoms with E-state index in [-0.39, 0.29) is 11.5 Å². The maximum absolute atomic E-state index is 11.2. The van der Waals surface area contributed by atoms with Crippen LogP contribution in [0.1, 0.15) is 25.6 Å². The molecule has 1 N–H and O–H groups in total. The maximum Gasteiger partial charge on any atom is 0.293 e. The van der Waals surface area contributed by atoms with E-state index in [4.69, 9.17) is 0 Å². The molecule has 2 rings (SSSR count). The van der Waals surface area contributed by atoms with Crippen molar-refractivity contribution < 1.29 is 0 Å². The minimum atomic E-state index is -0.207. The van der Waals surface area contributed by atoms with Gasteiger partial charge in [-0.15, -0.1) is 10.2 Å². The van der Waals surface area contributed by atoms with Gasteiger partial charge in [-0.2, -0.15) is 0 Å². The zero-order valence-electron chi connectivity index (χ0n) is 7.48. The third kappa shape index (κ3) is 1.12. The van der Waals surface area contributed by atoms with Crippen LogP contribution < -0.4 is 5.56 Å². The molecule has 2 heterocycles. The zero-order valence-corrected chi connectivity index (χ0v) is 7.48. The highest BCUT2D eigenvalue weighted by Crippen LogP contribution is 2.10. The van der Waals surface area contributed by atoms with Gasteiger partial charge in [-0.25, -0.2) is 0 Å². The van der Waals surface area contributed by atoms with Crippen molar-refractivity contribution >= 4 is 5.65 Å². The number of aromatic nitrogens is 4. The summed E-state index contributed by atoms with van der Waals surface area (Å²) in [4.78, 5) is 13.8. The number of nitrogens with zero attached hydrogens (tertiary/aromatic N) is 3. The van der Waals surface area contributed by atoms with Gasteiger partial charge in [0.2, 0.25) is 5.65 Å². The van der Waals surface area contributed by atoms with Crippen molar-refractivity contribution in [3.05, 3.63) is 28.6 Å². The van der Waals surface area contributed by atoms with E-state index in [1.165, 1.54) is 0 Å². The fourth-order valence-corrected chi connectivity index (χ4v) is 1.25. The first-order chi connectivity index (χ1) is 6.20. The molecule has 68 valence electrons. The largest absolute Gasteiger partial charge is 0.324 e. The van der Waals surface area contributed by atoms with Gasteiger partial charge in [0, 0.05) is 18.3 Å². The Morgan fingerprint density at radius 3 is 2.92 bits per heavy atom. The highest BCUT2D eigenvalue weighted by Gasteiger charge is 2.09. The summed E-state index contributed by atoms with van der Waals surface area (Å²) in [7, 11) is 0. The van der Waals surface area contributed by atoms with Gasteiger partial charge in [-0.3, -0.25) is 9.20 Å². The molecular weight excluding hydrogens is 168 g/mol. The predicted octanol–water partition coefficient (Wildman–Crippen LogP) is 0.541. The summed E-state index contributed by atoms with van der Waals surface area (Å²) >= 11 is 0. The molecule has 0 saturated heterocycles. The van der Waals surface area contributed by atoms with E-state index in [2.05, 4.69) is 15.2 Å². The SMILES string of the molecule is CC(C)c1nnc2c(=O)[nH]ccn12. The molecular formula is C8H10N4O. The van der Waals surface area contributed by atoms with Crippen molar-refractivity contribution in [3.8, 4) is 0 Å². The van der Waals surface area contributed by atoms with Gasteiger partial charge in [0.15, 0.2) is 0 Å². The van der Waals surface area contributed by atoms with Crippen molar-refractivity contribution in [2.75, 3.05) is 0 Å². The van der Waals surface area contributed by atoms with E-state index in [1.54, 1.807) is 16.8 Å². The molecule has 0 fully saturated rings. The van der Waals surface area contributed by atoms with E-state index in [0.717, 1.165) is 5.82 Å². The van der Waals surface area contributed by atoms with Crippen LogP contribution in [-0.2, 0) is 0 Å². The van der Waals surface area contributed by atoms with Crippen LogP contribution >= 0.6 is 0 Å². The molecule has 0 spiro atoms. The van der Waals surface area contributed by atoms with Gasteiger partial charge in [-0.05, 0) is 0 Å². The third-order valence-corrected chi connectivity index (χ3v) is 1.88. The summed E-state index contributed by atoms with van der Waals surface area (Å²) in [5.41, 5.74) is 0.146. The van der Waals surface area contributed by atoms with Gasteiger partial charge >= 0.3 is 0 Å². The molecule has 13 heavy (non-hydrogen) atoms. The molecule has 0 unspecified atom stereocenters. The molecule has 2 aromatic rings. The number of hydrogen-bond acceptors (Lipinski definition) is 3. The number of rotatable bonds is 1. The van der Waals surface area contributed by atoms with Gasteiger partial charge in [0.1, 0.15) is 5.82 Å². The second-order valence-electron chi connectivity index (χ2n) is 3.20. The van der Waals surface area contributed by atoms with E-state index in [1.807, 2.05) is 13.8 Å². The molecule has 2 aromatic heterocycles. The van der Waals surface area contributed by atoms with Crippen LogP contribution in [0.2, 0.25) is 0 Å². The first kappa shape index (κ1) is 7.97. The average molecular weight is 178 g/mol. The van der Waals surface area contributed by atoms with Gasteiger partial charge in [0.25, 0.3) is 5.56 Å². The average Bonchev–Trinajstić information content (AvgIpc) is 2.48. The van der Waals surface area contributed by atoms with Crippen LogP contribution in [0.3, 0.4) is 0 Å². The molecule has 0 aromatic carbocycles. The molecule has 5 heteroatoms. The highest BCUT2D eigenvalue weighted by molar-refractivity contribution is 5.34. The molecule has 0 aliphatic carbocycles. The second kappa shape index (κ2) is 2.69. The summed E-state index contributed by atoms with van der Waals surface area (Å²) in [6.07, 6.45) is 3.34. The number of aromatic amines is 1. The lowest BCUT2D eigenvalue weighted by Crippen LogP contribution is -2.09. The van der Waals surface area contributed by atoms with E-state index >= 15 is 0 Å². The van der Waals surface area contributed by atoms with Crippen molar-refractivity contribution in [1.82, 2.24) is 19.6 Å². The third-order valence-electron chi connectivity index (χ3n) is 1.88. The van der Waals surface area contributed by atoms with Crippen LogP contribution in [0.5, 0.6) is 0 Å². The molecule has 0 amide bonds. The van der Waals surface area contributed by atoms with Crippen molar-refractivity contribution in [1.29, 1.82) is 0 Å². The van der Waals surface area contributed by atoms with Crippen molar-refractivity contribution in [2.24, 2.45) is 0 Å². The smallest absolute Gasteiger partial charge is 0.293 e. The lowest BCUT2D eigenvalue weighted by atomic mass is 10.2. The summed E-state index contributed by atoms with van der Waals surface area (Å²) < 4.78 is 1.71. The summed E-state index contributed by atoms with van der Waals surface area (Å²) in [6.45, 7) is 4.02. The van der Waals surface area contributed by atoms with Crippen LogP contribution in [0, 0.1) is 0 Å². The second-order valence-corrected chi connectivity index (χ2v) is 3.20. The lowest BCUT2D eigenvalue weighted by molar-refractivity contribution is 0.758. The van der Waals surface area contributed by atoms with Crippen LogP contribution in [0.25, 0.3) is 5.65 Å². The number of nitrogens with one attached hydrogen (secondary N) is 1. The predicted molar refractivity (Wildman–Crippen MR) is 47.7 cm³/mol. The monoisotopic (exact) mass is 178 g/mol. The highest BCUT2D eigenvalue weighted by atomic mass is 16.1. The fraction of sp³-hybridized carbons (Fsp3) is 0.375. The molecule has 0 radical (unpaired) electrons. The first-order valence-corrected chi connectivity index (χ1v) is 4.12. The molecule has 0 bridgehead atoms. The normalized spacial score (nSPS) is 11.3. The maximum atomic E-state index is 11.2. The Morgan fingerprint density at radius 1 is 1.46 bits per heavy atom. The Labute approximate surface area is 74.4 Å². The number of fused-ring (bicyclic) bond motifs is 1. The molecule has 0 aliphatic heterocycles. The molecule has 0 atom stereocenters. The Morgan fingerprint density at radius 2 is 2.23 bits per heavy atom. The van der Waals surface area contributed by atoms with Gasteiger partial charge in [0.05, 0.1) is 0 Å². The molecule has 5 nitrogen and oxygen atoms in total. The van der Waals surface area contributed by atoms with Crippen LogP contribution in [0.4, 0.5) is 0 Å². The topological polar surface area (TPSA) is 63.0 Å². The van der Waals surface area contributed by atoms with E-state index in [0.29, 0.717) is 5.65 Å². The van der Waals surface area contributed by atoms with Crippen molar-refractivity contribution in [3.63, 3.8) is 0 Å². The first-order valence-electron chi connectivity index (χ1n) is 4.12. The number of H-pyrrole nitrogens is 1. The Bertz CT molecular complexity index is 482. The quantitative estimate of drug-likeness (QED) is 0.693. The lowest BCUT2D eigenvalue weighted by Gasteiger charge is -2.00. The van der Waals surface area contributed by atoms with Crippen LogP contribution in [0.15, 0.2) is 17.2 Å². The minimum absolute atomic E-state index is 0.207. The fourth-order valence-electron chi connectivity index (χ4n) is 1.25. The molecule has 0 aliphatic rings. The summed E-state index contributed by atoms with van der Waals surface area (Å²) in [5, 5.41) is 7.76. The summed E-state index contributed by atoms with van der Waals surface area (Å²) in [6, 6.07) is 0. The Kier molecular flexibility index (Phi) is 1.65. The van der Waals surface area contributed by atoms with Crippen molar-refractivity contribution in [2.45, 2.75) is 19.8 Å². The standard InChI is InChI=1S/C8H10N4O/c1-5(2)6-10-11-7-8(13)9-3-4-12(6)7/h3-5H,1-2H3,(H,9,13).